The van der Waals surface area contributed by atoms with Gasteiger partial charge in [0.2, 0.25) is 0 Å². The van der Waals surface area contributed by atoms with E-state index >= 15 is 0 Å². The third kappa shape index (κ3) is 3.98. The van der Waals surface area contributed by atoms with Gasteiger partial charge in [-0.3, -0.25) is 14.2 Å². The van der Waals surface area contributed by atoms with Crippen molar-refractivity contribution in [2.45, 2.75) is 13.5 Å². The van der Waals surface area contributed by atoms with Crippen molar-refractivity contribution in [3.8, 4) is 0 Å². The van der Waals surface area contributed by atoms with E-state index in [-0.39, 0.29) is 11.7 Å². The van der Waals surface area contributed by atoms with Gasteiger partial charge in [0.05, 0.1) is 27.8 Å². The molecule has 6 nitrogen and oxygen atoms in total. The van der Waals surface area contributed by atoms with Gasteiger partial charge >= 0.3 is 0 Å². The Kier molecular flexibility index (Phi) is 5.03. The first kappa shape index (κ1) is 17.8. The number of nitrogens with zero attached hydrogens (tertiary/aromatic N) is 4. The molecule has 0 bridgehead atoms. The Hall–Kier alpha value is -2.02. The summed E-state index contributed by atoms with van der Waals surface area (Å²) in [6.45, 7) is 2.21. The maximum absolute atomic E-state index is 12.3. The molecule has 25 heavy (non-hydrogen) atoms. The molecule has 130 valence electrons. The molecule has 1 aromatic carbocycles. The fourth-order valence-corrected chi connectivity index (χ4v) is 2.90. The molecule has 0 saturated carbocycles. The summed E-state index contributed by atoms with van der Waals surface area (Å²) in [6, 6.07) is 5.33. The lowest BCUT2D eigenvalue weighted by Gasteiger charge is -2.04. The molecule has 0 saturated heterocycles. The minimum atomic E-state index is -0.313. The van der Waals surface area contributed by atoms with Crippen LogP contribution in [0.3, 0.4) is 0 Å². The van der Waals surface area contributed by atoms with Gasteiger partial charge in [0, 0.05) is 19.4 Å². The van der Waals surface area contributed by atoms with E-state index in [1.807, 2.05) is 6.07 Å². The van der Waals surface area contributed by atoms with Crippen LogP contribution >= 0.6 is 34.8 Å². The molecular formula is C16H14Cl3N5O. The highest BCUT2D eigenvalue weighted by molar-refractivity contribution is 6.42. The van der Waals surface area contributed by atoms with Crippen LogP contribution in [0.4, 0.5) is 5.82 Å². The van der Waals surface area contributed by atoms with E-state index < -0.39 is 0 Å². The Morgan fingerprint density at radius 3 is 2.52 bits per heavy atom. The van der Waals surface area contributed by atoms with Crippen molar-refractivity contribution in [3.05, 3.63) is 62.5 Å². The maximum atomic E-state index is 12.3. The Morgan fingerprint density at radius 2 is 1.88 bits per heavy atom. The van der Waals surface area contributed by atoms with Crippen molar-refractivity contribution < 1.29 is 4.79 Å². The molecule has 0 unspecified atom stereocenters. The van der Waals surface area contributed by atoms with Crippen LogP contribution in [0, 0.1) is 6.92 Å². The van der Waals surface area contributed by atoms with Crippen LogP contribution < -0.4 is 5.32 Å². The molecule has 0 fully saturated rings. The number of hydrogen-bond acceptors (Lipinski definition) is 3. The lowest BCUT2D eigenvalue weighted by molar-refractivity contribution is 0.102. The lowest BCUT2D eigenvalue weighted by atomic mass is 10.2. The molecule has 0 atom stereocenters. The number of carbonyl (C=O) groups is 1. The summed E-state index contributed by atoms with van der Waals surface area (Å²) in [7, 11) is 1.75. The van der Waals surface area contributed by atoms with E-state index in [4.69, 9.17) is 34.8 Å². The van der Waals surface area contributed by atoms with Gasteiger partial charge in [-0.15, -0.1) is 0 Å². The van der Waals surface area contributed by atoms with Crippen molar-refractivity contribution in [1.29, 1.82) is 0 Å². The molecule has 9 heteroatoms. The lowest BCUT2D eigenvalue weighted by Crippen LogP contribution is -2.13. The maximum Gasteiger partial charge on any atom is 0.260 e. The molecule has 0 aliphatic rings. The molecule has 2 aromatic heterocycles. The van der Waals surface area contributed by atoms with Gasteiger partial charge in [-0.25, -0.2) is 0 Å². The van der Waals surface area contributed by atoms with Gasteiger partial charge in [-0.2, -0.15) is 10.2 Å². The minimum Gasteiger partial charge on any atom is -0.304 e. The van der Waals surface area contributed by atoms with Crippen molar-refractivity contribution in [3.63, 3.8) is 0 Å². The van der Waals surface area contributed by atoms with Crippen molar-refractivity contribution >= 4 is 46.5 Å². The second-order valence-corrected chi connectivity index (χ2v) is 6.75. The van der Waals surface area contributed by atoms with Gasteiger partial charge in [0.25, 0.3) is 5.91 Å². The highest BCUT2D eigenvalue weighted by Gasteiger charge is 2.16. The molecule has 0 spiro atoms. The Morgan fingerprint density at radius 1 is 1.12 bits per heavy atom. The number of nitrogens with one attached hydrogen (secondary N) is 1. The Bertz CT molecular complexity index is 947. The van der Waals surface area contributed by atoms with E-state index in [0.717, 1.165) is 5.56 Å². The molecule has 1 N–H and O–H groups in total. The van der Waals surface area contributed by atoms with Crippen molar-refractivity contribution in [2.24, 2.45) is 7.05 Å². The number of benzene rings is 1. The number of hydrogen-bond donors (Lipinski definition) is 1. The predicted molar refractivity (Wildman–Crippen MR) is 98.7 cm³/mol. The molecular weight excluding hydrogens is 385 g/mol. The summed E-state index contributed by atoms with van der Waals surface area (Å²) < 4.78 is 3.20. The second kappa shape index (κ2) is 7.07. The van der Waals surface area contributed by atoms with Crippen LogP contribution in [0.5, 0.6) is 0 Å². The topological polar surface area (TPSA) is 64.7 Å². The Balaban J connectivity index is 1.77. The van der Waals surface area contributed by atoms with E-state index in [2.05, 4.69) is 15.5 Å². The van der Waals surface area contributed by atoms with Crippen LogP contribution in [-0.2, 0) is 13.6 Å². The Labute approximate surface area is 159 Å². The third-order valence-corrected chi connectivity index (χ3v) is 4.55. The molecule has 3 aromatic rings. The summed E-state index contributed by atoms with van der Waals surface area (Å²) in [4.78, 5) is 12.3. The summed E-state index contributed by atoms with van der Waals surface area (Å²) in [5.74, 6) is -0.0257. The second-order valence-electron chi connectivity index (χ2n) is 5.53. The van der Waals surface area contributed by atoms with E-state index in [0.29, 0.717) is 32.9 Å². The largest absolute Gasteiger partial charge is 0.304 e. The molecule has 0 aliphatic carbocycles. The number of carbonyl (C=O) groups excluding carboxylic acids is 1. The fraction of sp³-hybridized carbons (Fsp3) is 0.188. The highest BCUT2D eigenvalue weighted by atomic mass is 35.5. The van der Waals surface area contributed by atoms with Crippen LogP contribution in [0.15, 0.2) is 30.6 Å². The molecule has 2 heterocycles. The number of amides is 1. The van der Waals surface area contributed by atoms with E-state index in [1.165, 1.54) is 0 Å². The average Bonchev–Trinajstić information content (AvgIpc) is 3.05. The van der Waals surface area contributed by atoms with Crippen LogP contribution in [0.2, 0.25) is 15.1 Å². The van der Waals surface area contributed by atoms with Gasteiger partial charge in [0.15, 0.2) is 5.82 Å². The number of halogens is 3. The number of aryl methyl sites for hydroxylation is 2. The zero-order valence-electron chi connectivity index (χ0n) is 13.4. The van der Waals surface area contributed by atoms with E-state index in [9.17, 15) is 4.79 Å². The summed E-state index contributed by atoms with van der Waals surface area (Å²) in [5.41, 5.74) is 2.01. The van der Waals surface area contributed by atoms with Crippen LogP contribution in [-0.4, -0.2) is 25.5 Å². The van der Waals surface area contributed by atoms with Crippen LogP contribution in [0.25, 0.3) is 0 Å². The predicted octanol–water partition coefficient (Wildman–Crippen LogP) is 4.19. The summed E-state index contributed by atoms with van der Waals surface area (Å²) in [5, 5.41) is 12.5. The summed E-state index contributed by atoms with van der Waals surface area (Å²) in [6.07, 6.45) is 3.28. The quantitative estimate of drug-likeness (QED) is 0.717. The van der Waals surface area contributed by atoms with Crippen molar-refractivity contribution in [2.75, 3.05) is 5.32 Å². The molecule has 0 radical (unpaired) electrons. The fourth-order valence-electron chi connectivity index (χ4n) is 2.39. The zero-order chi connectivity index (χ0) is 18.1. The first-order chi connectivity index (χ1) is 11.8. The average molecular weight is 399 g/mol. The highest BCUT2D eigenvalue weighted by Crippen LogP contribution is 2.24. The van der Waals surface area contributed by atoms with Gasteiger partial charge in [-0.1, -0.05) is 40.9 Å². The third-order valence-electron chi connectivity index (χ3n) is 3.54. The summed E-state index contributed by atoms with van der Waals surface area (Å²) >= 11 is 18.1. The van der Waals surface area contributed by atoms with Gasteiger partial charge in [-0.05, 0) is 24.6 Å². The molecule has 0 aliphatic heterocycles. The van der Waals surface area contributed by atoms with Crippen molar-refractivity contribution in [1.82, 2.24) is 19.6 Å². The molecule has 3 rings (SSSR count). The minimum absolute atomic E-state index is 0.287. The smallest absolute Gasteiger partial charge is 0.260 e. The van der Waals surface area contributed by atoms with Gasteiger partial charge in [0.1, 0.15) is 5.02 Å². The number of anilines is 1. The standard InChI is InChI=1S/C16H14Cl3N5O/c1-9-11(7-23(2)21-9)16(25)20-15-14(19)8-24(22-15)6-10-3-4-12(17)13(18)5-10/h3-5,7-8H,6H2,1-2H3,(H,20,22,25). The van der Waals surface area contributed by atoms with Crippen LogP contribution in [0.1, 0.15) is 21.6 Å². The van der Waals surface area contributed by atoms with E-state index in [1.54, 1.807) is 47.9 Å². The SMILES string of the molecule is Cc1nn(C)cc1C(=O)Nc1nn(Cc2ccc(Cl)c(Cl)c2)cc1Cl. The zero-order valence-corrected chi connectivity index (χ0v) is 15.7. The monoisotopic (exact) mass is 397 g/mol. The normalized spacial score (nSPS) is 10.9. The van der Waals surface area contributed by atoms with Gasteiger partial charge < -0.3 is 5.32 Å². The first-order valence-corrected chi connectivity index (χ1v) is 8.45. The number of aromatic nitrogens is 4. The number of rotatable bonds is 4. The molecule has 1 amide bonds. The first-order valence-electron chi connectivity index (χ1n) is 7.32.